The van der Waals surface area contributed by atoms with Crippen molar-refractivity contribution in [1.82, 2.24) is 20.9 Å². The fraction of sp³-hybridized carbons (Fsp3) is 0.471. The van der Waals surface area contributed by atoms with Crippen LogP contribution in [0.5, 0.6) is 0 Å². The van der Waals surface area contributed by atoms with Crippen LogP contribution in [-0.2, 0) is 30.5 Å². The van der Waals surface area contributed by atoms with Crippen molar-refractivity contribution in [2.75, 3.05) is 6.54 Å². The van der Waals surface area contributed by atoms with Gasteiger partial charge in [-0.15, -0.1) is 0 Å². The number of amidine groups is 1. The number of nitrogens with zero attached hydrogens (tertiary/aromatic N) is 2. The predicted molar refractivity (Wildman–Crippen MR) is 178 cm³/mol. The van der Waals surface area contributed by atoms with Crippen LogP contribution in [0, 0.1) is 5.92 Å². The molecule has 0 spiro atoms. The van der Waals surface area contributed by atoms with Gasteiger partial charge in [0.15, 0.2) is 5.84 Å². The Morgan fingerprint density at radius 2 is 1.65 bits per heavy atom. The Labute approximate surface area is 280 Å². The first kappa shape index (κ1) is 37.3. The third-order valence-corrected chi connectivity index (χ3v) is 7.72. The fourth-order valence-electron chi connectivity index (χ4n) is 5.12. The van der Waals surface area contributed by atoms with Gasteiger partial charge in [-0.2, -0.15) is 0 Å². The number of rotatable bonds is 11. The van der Waals surface area contributed by atoms with E-state index in [9.17, 15) is 29.1 Å². The lowest BCUT2D eigenvalue weighted by atomic mass is 9.85. The second-order valence-electron chi connectivity index (χ2n) is 13.0. The average molecular weight is 667 g/mol. The van der Waals surface area contributed by atoms with Crippen LogP contribution in [0.3, 0.4) is 0 Å². The van der Waals surface area contributed by atoms with Crippen LogP contribution in [-0.4, -0.2) is 76.1 Å². The van der Waals surface area contributed by atoms with Crippen LogP contribution in [0.2, 0.25) is 0 Å². The number of oxime groups is 1. The monoisotopic (exact) mass is 666 g/mol. The number of hydrogen-bond acceptors (Lipinski definition) is 8. The van der Waals surface area contributed by atoms with Crippen LogP contribution in [0.15, 0.2) is 59.8 Å². The molecule has 3 rings (SSSR count). The molecule has 2 aromatic rings. The fourth-order valence-corrected chi connectivity index (χ4v) is 5.12. The molecule has 0 saturated carbocycles. The van der Waals surface area contributed by atoms with Crippen molar-refractivity contribution in [2.45, 2.75) is 90.6 Å². The van der Waals surface area contributed by atoms with E-state index in [2.05, 4.69) is 21.1 Å². The molecule has 14 heteroatoms. The van der Waals surface area contributed by atoms with E-state index in [-0.39, 0.29) is 30.8 Å². The minimum absolute atomic E-state index is 0.0221. The molecule has 14 nitrogen and oxygen atoms in total. The Morgan fingerprint density at radius 3 is 2.23 bits per heavy atom. The van der Waals surface area contributed by atoms with Crippen LogP contribution < -0.4 is 21.7 Å². The lowest BCUT2D eigenvalue weighted by Crippen LogP contribution is -2.56. The van der Waals surface area contributed by atoms with Crippen molar-refractivity contribution in [2.24, 2.45) is 16.8 Å². The van der Waals surface area contributed by atoms with E-state index in [0.717, 1.165) is 10.5 Å². The van der Waals surface area contributed by atoms with Crippen LogP contribution in [0.4, 0.5) is 9.59 Å². The smallest absolute Gasteiger partial charge is 0.408 e. The molecule has 6 N–H and O–H groups in total. The maximum Gasteiger partial charge on any atom is 0.408 e. The van der Waals surface area contributed by atoms with Crippen molar-refractivity contribution in [1.29, 1.82) is 0 Å². The Hall–Kier alpha value is -5.14. The standard InChI is InChI=1S/C34H46N6O8/c1-20(2)27(38-32(44)47-34(4,5)6)31(43)48-39-28(35)24-14-12-22(13-15-24)19-36-29(41)21(3)37-30(42)26-18-25(16-17-40(26)33(45)46)23-10-8-7-9-11-23/h7-15,20-21,25-27H,16-19H2,1-6H3,(H2,35,39)(H,36,41)(H,37,42)(H,38,44)(H,45,46)/t21?,25-,26+,27?/m0/s1. The number of benzene rings is 2. The SMILES string of the molecule is CC(NC(=O)[C@H]1C[C@@H](c2ccccc2)CCN1C(=O)O)C(=O)NCc1ccc(/C(N)=N/OC(=O)C(NC(=O)OC(C)(C)C)C(C)C)cc1. The highest BCUT2D eigenvalue weighted by atomic mass is 16.7. The van der Waals surface area contributed by atoms with Gasteiger partial charge < -0.3 is 36.4 Å². The number of carbonyl (C=O) groups excluding carboxylic acids is 4. The van der Waals surface area contributed by atoms with Gasteiger partial charge in [0.1, 0.15) is 23.7 Å². The number of nitrogens with two attached hydrogens (primary N) is 1. The number of hydrogen-bond donors (Lipinski definition) is 5. The molecule has 48 heavy (non-hydrogen) atoms. The van der Waals surface area contributed by atoms with Gasteiger partial charge in [-0.3, -0.25) is 14.5 Å². The zero-order chi connectivity index (χ0) is 35.6. The second-order valence-corrected chi connectivity index (χ2v) is 13.0. The summed E-state index contributed by atoms with van der Waals surface area (Å²) in [5.41, 5.74) is 7.47. The van der Waals surface area contributed by atoms with Gasteiger partial charge in [-0.25, -0.2) is 14.4 Å². The molecule has 260 valence electrons. The van der Waals surface area contributed by atoms with Crippen molar-refractivity contribution < 1.29 is 38.7 Å². The highest BCUT2D eigenvalue weighted by molar-refractivity contribution is 5.97. The summed E-state index contributed by atoms with van der Waals surface area (Å²) in [5, 5.41) is 21.3. The van der Waals surface area contributed by atoms with Gasteiger partial charge in [0.05, 0.1) is 0 Å². The van der Waals surface area contributed by atoms with Crippen molar-refractivity contribution >= 4 is 35.8 Å². The summed E-state index contributed by atoms with van der Waals surface area (Å²) < 4.78 is 5.21. The summed E-state index contributed by atoms with van der Waals surface area (Å²) in [6.45, 7) is 10.5. The summed E-state index contributed by atoms with van der Waals surface area (Å²) in [5.74, 6) is -2.16. The first-order valence-corrected chi connectivity index (χ1v) is 15.8. The lowest BCUT2D eigenvalue weighted by molar-refractivity contribution is -0.147. The van der Waals surface area contributed by atoms with E-state index >= 15 is 0 Å². The second kappa shape index (κ2) is 16.6. The minimum Gasteiger partial charge on any atom is -0.465 e. The first-order chi connectivity index (χ1) is 22.6. The predicted octanol–water partition coefficient (Wildman–Crippen LogP) is 3.45. The molecule has 1 heterocycles. The highest BCUT2D eigenvalue weighted by Crippen LogP contribution is 2.31. The number of likely N-dealkylation sites (tertiary alicyclic amines) is 1. The quantitative estimate of drug-likeness (QED) is 0.103. The Bertz CT molecular complexity index is 1470. The molecule has 1 aliphatic heterocycles. The molecule has 4 amide bonds. The number of carbonyl (C=O) groups is 5. The maximum atomic E-state index is 13.2. The van der Waals surface area contributed by atoms with Crippen molar-refractivity contribution in [3.05, 3.63) is 71.3 Å². The lowest BCUT2D eigenvalue weighted by Gasteiger charge is -2.37. The number of nitrogens with one attached hydrogen (secondary N) is 3. The van der Waals surface area contributed by atoms with Crippen LogP contribution in [0.1, 0.15) is 77.0 Å². The van der Waals surface area contributed by atoms with Crippen molar-refractivity contribution in [3.8, 4) is 0 Å². The van der Waals surface area contributed by atoms with E-state index < -0.39 is 53.7 Å². The van der Waals surface area contributed by atoms with Gasteiger partial charge in [0.25, 0.3) is 0 Å². The summed E-state index contributed by atoms with van der Waals surface area (Å²) in [7, 11) is 0. The highest BCUT2D eigenvalue weighted by Gasteiger charge is 2.37. The molecule has 0 bridgehead atoms. The summed E-state index contributed by atoms with van der Waals surface area (Å²) in [4.78, 5) is 68.7. The summed E-state index contributed by atoms with van der Waals surface area (Å²) >= 11 is 0. The molecular weight excluding hydrogens is 620 g/mol. The molecule has 1 aliphatic rings. The summed E-state index contributed by atoms with van der Waals surface area (Å²) in [6.07, 6.45) is -1.03. The Balaban J connectivity index is 1.52. The molecule has 1 saturated heterocycles. The topological polar surface area (TPSA) is 202 Å². The summed E-state index contributed by atoms with van der Waals surface area (Å²) in [6, 6.07) is 13.4. The van der Waals surface area contributed by atoms with Gasteiger partial charge in [-0.05, 0) is 63.5 Å². The average Bonchev–Trinajstić information content (AvgIpc) is 3.04. The number of amides is 4. The largest absolute Gasteiger partial charge is 0.465 e. The van der Waals surface area contributed by atoms with Gasteiger partial charge in [0, 0.05) is 18.7 Å². The Morgan fingerprint density at radius 1 is 1.00 bits per heavy atom. The van der Waals surface area contributed by atoms with Gasteiger partial charge in [0.2, 0.25) is 11.8 Å². The normalized spacial score (nSPS) is 17.9. The van der Waals surface area contributed by atoms with Gasteiger partial charge in [-0.1, -0.05) is 73.6 Å². The van der Waals surface area contributed by atoms with Gasteiger partial charge >= 0.3 is 18.2 Å². The van der Waals surface area contributed by atoms with Crippen molar-refractivity contribution in [3.63, 3.8) is 0 Å². The third kappa shape index (κ3) is 11.0. The van der Waals surface area contributed by atoms with E-state index in [1.807, 2.05) is 30.3 Å². The van der Waals surface area contributed by atoms with E-state index in [4.69, 9.17) is 15.3 Å². The number of piperidine rings is 1. The zero-order valence-electron chi connectivity index (χ0n) is 28.2. The molecule has 4 atom stereocenters. The molecule has 0 aliphatic carbocycles. The molecular formula is C34H46N6O8. The van der Waals surface area contributed by atoms with Crippen LogP contribution >= 0.6 is 0 Å². The molecule has 2 unspecified atom stereocenters. The Kier molecular flexibility index (Phi) is 12.9. The van der Waals surface area contributed by atoms with Crippen LogP contribution in [0.25, 0.3) is 0 Å². The van der Waals surface area contributed by atoms with E-state index in [0.29, 0.717) is 24.0 Å². The van der Waals surface area contributed by atoms with E-state index in [1.165, 1.54) is 6.92 Å². The number of ether oxygens (including phenoxy) is 1. The maximum absolute atomic E-state index is 13.2. The minimum atomic E-state index is -1.18. The first-order valence-electron chi connectivity index (χ1n) is 15.8. The molecule has 1 fully saturated rings. The molecule has 0 aromatic heterocycles. The number of alkyl carbamates (subject to hydrolysis) is 1. The zero-order valence-corrected chi connectivity index (χ0v) is 28.2. The van der Waals surface area contributed by atoms with E-state index in [1.54, 1.807) is 58.9 Å². The molecule has 0 radical (unpaired) electrons. The molecule has 2 aromatic carbocycles. The number of carboxylic acid groups (broad SMARTS) is 1. The third-order valence-electron chi connectivity index (χ3n) is 7.72.